The molecule has 0 radical (unpaired) electrons. The summed E-state index contributed by atoms with van der Waals surface area (Å²) in [5.41, 5.74) is -0.342. The Morgan fingerprint density at radius 3 is 2.71 bits per heavy atom. The molecule has 4 atom stereocenters. The number of ether oxygens (including phenoxy) is 2. The van der Waals surface area contributed by atoms with E-state index in [-0.39, 0.29) is 29.4 Å². The Labute approximate surface area is 125 Å². The van der Waals surface area contributed by atoms with Crippen molar-refractivity contribution < 1.29 is 19.1 Å². The standard InChI is InChI=1S/C17H24O4/c1-10(2)14(18)21-16(3,4)17-7-11-5-12(8-17)15(19)20-13(6-11)9-17/h11-13H,1,5-9H2,2-4H3. The summed E-state index contributed by atoms with van der Waals surface area (Å²) in [6, 6.07) is 0. The first kappa shape index (κ1) is 14.6. The van der Waals surface area contributed by atoms with Gasteiger partial charge >= 0.3 is 11.9 Å². The van der Waals surface area contributed by atoms with Gasteiger partial charge in [-0.15, -0.1) is 0 Å². The molecule has 0 amide bonds. The summed E-state index contributed by atoms with van der Waals surface area (Å²) >= 11 is 0. The van der Waals surface area contributed by atoms with Gasteiger partial charge < -0.3 is 9.47 Å². The molecular formula is C17H24O4. The van der Waals surface area contributed by atoms with Crippen molar-refractivity contribution in [2.45, 2.75) is 64.6 Å². The molecule has 116 valence electrons. The first-order chi connectivity index (χ1) is 9.72. The Kier molecular flexibility index (Phi) is 3.19. The monoisotopic (exact) mass is 292 g/mol. The van der Waals surface area contributed by atoms with Crippen molar-refractivity contribution in [3.05, 3.63) is 12.2 Å². The van der Waals surface area contributed by atoms with Crippen LogP contribution in [0.2, 0.25) is 0 Å². The second-order valence-electron chi connectivity index (χ2n) is 7.67. The van der Waals surface area contributed by atoms with E-state index in [1.165, 1.54) is 0 Å². The third kappa shape index (κ3) is 2.29. The third-order valence-electron chi connectivity index (χ3n) is 5.74. The molecule has 4 nitrogen and oxygen atoms in total. The number of fused-ring (bicyclic) bond motifs is 1. The number of carbonyl (C=O) groups is 2. The fourth-order valence-electron chi connectivity index (χ4n) is 4.61. The SMILES string of the molecule is C=C(C)C(=O)OC(C)(C)C12CC3CC(C1)OC(=O)C(C3)C2. The first-order valence-electron chi connectivity index (χ1n) is 7.82. The Bertz CT molecular complexity index is 507. The van der Waals surface area contributed by atoms with Crippen molar-refractivity contribution in [3.8, 4) is 0 Å². The van der Waals surface area contributed by atoms with Crippen LogP contribution in [0.1, 0.15) is 52.9 Å². The molecule has 0 aromatic heterocycles. The van der Waals surface area contributed by atoms with Gasteiger partial charge in [0.2, 0.25) is 0 Å². The molecule has 2 saturated heterocycles. The van der Waals surface area contributed by atoms with E-state index in [0.717, 1.165) is 32.1 Å². The Morgan fingerprint density at radius 1 is 1.33 bits per heavy atom. The fourth-order valence-corrected chi connectivity index (χ4v) is 4.61. The first-order valence-corrected chi connectivity index (χ1v) is 7.82. The Morgan fingerprint density at radius 2 is 2.05 bits per heavy atom. The minimum atomic E-state index is -0.605. The molecule has 0 aromatic carbocycles. The van der Waals surface area contributed by atoms with Crippen molar-refractivity contribution >= 4 is 11.9 Å². The second-order valence-corrected chi connectivity index (χ2v) is 7.67. The Hall–Kier alpha value is -1.32. The predicted molar refractivity (Wildman–Crippen MR) is 77.4 cm³/mol. The van der Waals surface area contributed by atoms with Gasteiger partial charge in [-0.3, -0.25) is 4.79 Å². The fraction of sp³-hybridized carbons (Fsp3) is 0.765. The zero-order chi connectivity index (χ0) is 15.4. The predicted octanol–water partition coefficient (Wildman–Crippen LogP) is 3.01. The number of hydrogen-bond donors (Lipinski definition) is 0. The molecule has 4 unspecified atom stereocenters. The van der Waals surface area contributed by atoms with Crippen LogP contribution in [0.25, 0.3) is 0 Å². The maximum atomic E-state index is 12.1. The highest BCUT2D eigenvalue weighted by Gasteiger charge is 2.59. The minimum Gasteiger partial charge on any atom is -0.462 e. The van der Waals surface area contributed by atoms with Crippen LogP contribution in [0.15, 0.2) is 12.2 Å². The molecule has 0 aromatic rings. The zero-order valence-corrected chi connectivity index (χ0v) is 13.1. The number of esters is 2. The molecule has 2 saturated carbocycles. The van der Waals surface area contributed by atoms with Gasteiger partial charge in [-0.05, 0) is 58.8 Å². The van der Waals surface area contributed by atoms with E-state index >= 15 is 0 Å². The van der Waals surface area contributed by atoms with Crippen LogP contribution in [0.3, 0.4) is 0 Å². The summed E-state index contributed by atoms with van der Waals surface area (Å²) in [6.07, 6.45) is 4.49. The van der Waals surface area contributed by atoms with Crippen LogP contribution < -0.4 is 0 Å². The molecule has 4 aliphatic rings. The molecule has 2 aliphatic heterocycles. The maximum absolute atomic E-state index is 12.1. The number of rotatable bonds is 3. The lowest BCUT2D eigenvalue weighted by molar-refractivity contribution is -0.181. The van der Waals surface area contributed by atoms with Gasteiger partial charge in [0.1, 0.15) is 11.7 Å². The lowest BCUT2D eigenvalue weighted by Gasteiger charge is -2.54. The summed E-state index contributed by atoms with van der Waals surface area (Å²) in [5, 5.41) is 0. The van der Waals surface area contributed by atoms with Crippen molar-refractivity contribution in [2.75, 3.05) is 0 Å². The highest BCUT2D eigenvalue weighted by atomic mass is 16.6. The van der Waals surface area contributed by atoms with Crippen LogP contribution in [-0.2, 0) is 19.1 Å². The molecule has 4 rings (SSSR count). The van der Waals surface area contributed by atoms with Gasteiger partial charge in [-0.25, -0.2) is 4.79 Å². The number of carbonyl (C=O) groups excluding carboxylic acids is 2. The molecule has 2 aliphatic carbocycles. The van der Waals surface area contributed by atoms with E-state index in [4.69, 9.17) is 9.47 Å². The largest absolute Gasteiger partial charge is 0.462 e. The van der Waals surface area contributed by atoms with Gasteiger partial charge in [0.05, 0.1) is 5.92 Å². The van der Waals surface area contributed by atoms with Crippen LogP contribution >= 0.6 is 0 Å². The molecule has 0 N–H and O–H groups in total. The third-order valence-corrected chi connectivity index (χ3v) is 5.74. The summed E-state index contributed by atoms with van der Waals surface area (Å²) in [4.78, 5) is 24.1. The normalized spacial score (nSPS) is 37.9. The number of hydrogen-bond acceptors (Lipinski definition) is 4. The van der Waals surface area contributed by atoms with Gasteiger partial charge in [0.25, 0.3) is 0 Å². The van der Waals surface area contributed by atoms with Crippen molar-refractivity contribution in [3.63, 3.8) is 0 Å². The van der Waals surface area contributed by atoms with Gasteiger partial charge in [-0.1, -0.05) is 6.58 Å². The second kappa shape index (κ2) is 4.59. The topological polar surface area (TPSA) is 52.6 Å². The van der Waals surface area contributed by atoms with E-state index < -0.39 is 5.60 Å². The Balaban J connectivity index is 1.91. The lowest BCUT2D eigenvalue weighted by Crippen LogP contribution is -2.54. The van der Waals surface area contributed by atoms with Gasteiger partial charge in [0, 0.05) is 11.0 Å². The average molecular weight is 292 g/mol. The summed E-state index contributed by atoms with van der Waals surface area (Å²) in [7, 11) is 0. The van der Waals surface area contributed by atoms with E-state index in [1.54, 1.807) is 6.92 Å². The van der Waals surface area contributed by atoms with Crippen molar-refractivity contribution in [2.24, 2.45) is 17.3 Å². The van der Waals surface area contributed by atoms with Crippen LogP contribution in [0, 0.1) is 17.3 Å². The van der Waals surface area contributed by atoms with Gasteiger partial charge in [-0.2, -0.15) is 0 Å². The zero-order valence-electron chi connectivity index (χ0n) is 13.1. The van der Waals surface area contributed by atoms with Crippen LogP contribution in [0.4, 0.5) is 0 Å². The van der Waals surface area contributed by atoms with E-state index in [0.29, 0.717) is 11.5 Å². The maximum Gasteiger partial charge on any atom is 0.333 e. The average Bonchev–Trinajstić information content (AvgIpc) is 2.51. The van der Waals surface area contributed by atoms with Crippen molar-refractivity contribution in [1.82, 2.24) is 0 Å². The van der Waals surface area contributed by atoms with Gasteiger partial charge in [0.15, 0.2) is 0 Å². The molecule has 4 heteroatoms. The highest BCUT2D eigenvalue weighted by Crippen LogP contribution is 2.59. The van der Waals surface area contributed by atoms with E-state index in [9.17, 15) is 9.59 Å². The molecular weight excluding hydrogens is 268 g/mol. The van der Waals surface area contributed by atoms with E-state index in [1.807, 2.05) is 13.8 Å². The molecule has 4 bridgehead atoms. The summed E-state index contributed by atoms with van der Waals surface area (Å²) in [5.74, 6) is 0.0866. The van der Waals surface area contributed by atoms with Crippen LogP contribution in [-0.4, -0.2) is 23.6 Å². The van der Waals surface area contributed by atoms with Crippen LogP contribution in [0.5, 0.6) is 0 Å². The van der Waals surface area contributed by atoms with Crippen molar-refractivity contribution in [1.29, 1.82) is 0 Å². The molecule has 2 heterocycles. The molecule has 21 heavy (non-hydrogen) atoms. The molecule has 4 fully saturated rings. The quantitative estimate of drug-likeness (QED) is 0.592. The minimum absolute atomic E-state index is 0.00782. The molecule has 0 spiro atoms. The highest BCUT2D eigenvalue weighted by molar-refractivity contribution is 5.87. The smallest absolute Gasteiger partial charge is 0.333 e. The summed E-state index contributed by atoms with van der Waals surface area (Å²) in [6.45, 7) is 9.28. The van der Waals surface area contributed by atoms with E-state index in [2.05, 4.69) is 6.58 Å². The summed E-state index contributed by atoms with van der Waals surface area (Å²) < 4.78 is 11.4. The lowest BCUT2D eigenvalue weighted by atomic mass is 9.53.